The van der Waals surface area contributed by atoms with Gasteiger partial charge in [-0.25, -0.2) is 0 Å². The van der Waals surface area contributed by atoms with E-state index in [1.807, 2.05) is 66.7 Å². The smallest absolute Gasteiger partial charge is 0.193 e. The molecule has 9 aromatic carbocycles. The van der Waals surface area contributed by atoms with Gasteiger partial charge in [-0.3, -0.25) is 4.79 Å². The largest absolute Gasteiger partial charge is 0.289 e. The number of hydrogen-bond acceptors (Lipinski definition) is 1. The second-order valence-electron chi connectivity index (χ2n) is 36.5. The maximum absolute atomic E-state index is 11.8. The molecule has 0 radical (unpaired) electrons. The molecule has 0 atom stereocenters. The van der Waals surface area contributed by atoms with Crippen LogP contribution >= 0.6 is 0 Å². The number of carbonyl (C=O) groups excluding carboxylic acids is 1. The van der Waals surface area contributed by atoms with Crippen LogP contribution in [0.5, 0.6) is 0 Å². The Morgan fingerprint density at radius 1 is 0.309 bits per heavy atom. The highest BCUT2D eigenvalue weighted by molar-refractivity contribution is 6.08. The van der Waals surface area contributed by atoms with Gasteiger partial charge >= 0.3 is 0 Å². The molecule has 5 saturated carbocycles. The van der Waals surface area contributed by atoms with Crippen molar-refractivity contribution in [2.45, 2.75) is 238 Å². The van der Waals surface area contributed by atoms with Gasteiger partial charge in [-0.1, -0.05) is 402 Å². The summed E-state index contributed by atoms with van der Waals surface area (Å²) in [6.07, 6.45) is 15.3. The third-order valence-electron chi connectivity index (χ3n) is 19.8. The van der Waals surface area contributed by atoms with Gasteiger partial charge in [-0.2, -0.15) is 0 Å². The van der Waals surface area contributed by atoms with Crippen LogP contribution in [0.3, 0.4) is 0 Å². The van der Waals surface area contributed by atoms with Crippen LogP contribution in [-0.4, -0.2) is 5.78 Å². The average molecular weight is 1300 g/mol. The Balaban J connectivity index is 0.000000178. The highest BCUT2D eigenvalue weighted by atomic mass is 16.1. The Morgan fingerprint density at radius 2 is 0.680 bits per heavy atom. The van der Waals surface area contributed by atoms with E-state index in [-0.39, 0.29) is 22.0 Å². The van der Waals surface area contributed by atoms with E-state index in [9.17, 15) is 4.79 Å². The lowest BCUT2D eigenvalue weighted by Gasteiger charge is -2.58. The van der Waals surface area contributed by atoms with Crippen molar-refractivity contribution < 1.29 is 4.79 Å². The molecule has 1 nitrogen and oxygen atoms in total. The van der Waals surface area contributed by atoms with Crippen LogP contribution in [0.4, 0.5) is 0 Å². The summed E-state index contributed by atoms with van der Waals surface area (Å²) in [7, 11) is 0. The number of carbonyl (C=O) groups is 1. The summed E-state index contributed by atoms with van der Waals surface area (Å²) in [6, 6.07) is 78.8. The van der Waals surface area contributed by atoms with Gasteiger partial charge in [0.25, 0.3) is 0 Å². The Bertz CT molecular complexity index is 3610. The van der Waals surface area contributed by atoms with Crippen LogP contribution in [0.25, 0.3) is 32.7 Å². The fraction of sp³-hybridized carbons (Fsp3) is 0.469. The van der Waals surface area contributed by atoms with Gasteiger partial charge in [0.05, 0.1) is 0 Å². The first-order valence-corrected chi connectivity index (χ1v) is 37.2. The van der Waals surface area contributed by atoms with Gasteiger partial charge in [0.2, 0.25) is 0 Å². The molecular formula is C96H130O. The summed E-state index contributed by atoms with van der Waals surface area (Å²) in [5.41, 5.74) is 12.3. The third-order valence-corrected chi connectivity index (χ3v) is 19.8. The van der Waals surface area contributed by atoms with Gasteiger partial charge < -0.3 is 0 Å². The lowest BCUT2D eigenvalue weighted by Crippen LogP contribution is -2.49. The first kappa shape index (κ1) is 79.2. The third kappa shape index (κ3) is 26.4. The van der Waals surface area contributed by atoms with Crippen molar-refractivity contribution in [3.63, 3.8) is 0 Å². The van der Waals surface area contributed by atoms with E-state index >= 15 is 0 Å². The minimum absolute atomic E-state index is 0.0752. The molecule has 0 spiro atoms. The van der Waals surface area contributed by atoms with Crippen LogP contribution in [0.1, 0.15) is 255 Å². The highest BCUT2D eigenvalue weighted by Gasteiger charge is 2.51. The molecule has 0 heterocycles. The van der Waals surface area contributed by atoms with Gasteiger partial charge in [0.15, 0.2) is 5.78 Å². The van der Waals surface area contributed by atoms with Crippen molar-refractivity contribution in [1.29, 1.82) is 0 Å². The van der Waals surface area contributed by atoms with Gasteiger partial charge in [-0.15, -0.1) is 0 Å². The number of rotatable bonds is 3. The summed E-state index contributed by atoms with van der Waals surface area (Å²) < 4.78 is 0. The molecule has 520 valence electrons. The zero-order chi connectivity index (χ0) is 71.4. The van der Waals surface area contributed by atoms with Crippen molar-refractivity contribution in [3.05, 3.63) is 264 Å². The zero-order valence-corrected chi connectivity index (χ0v) is 64.9. The molecule has 1 heteroatoms. The molecule has 0 unspecified atom stereocenters. The maximum Gasteiger partial charge on any atom is 0.193 e. The number of fused-ring (bicyclic) bond motifs is 2. The molecule has 5 aliphatic rings. The normalized spacial score (nSPS) is 18.3. The first-order chi connectivity index (χ1) is 45.4. The highest BCUT2D eigenvalue weighted by Crippen LogP contribution is 2.60. The maximum atomic E-state index is 11.8. The first-order valence-electron chi connectivity index (χ1n) is 37.2. The Morgan fingerprint density at radius 3 is 1.09 bits per heavy atom. The van der Waals surface area contributed by atoms with E-state index in [0.29, 0.717) is 21.7 Å². The predicted octanol–water partition coefficient (Wildman–Crippen LogP) is 28.6. The van der Waals surface area contributed by atoms with Crippen LogP contribution in [-0.2, 0) is 21.7 Å². The SMILES string of the molecule is CC(C)(C)C.CC(C)(C)C1C2CC3CC(C2)CC1C3.CC(C)(C)C1CCCCC1.CC(C)(C)c1ccc(-c2ccccc2)cc1.CC(C)(C)c1ccc2ccccc2c1.CC(C)(C)c1cccc2ccccc12.CC(C)(C)c1ccccc1.O=C(c1ccccc1)c1ccccc1. The lowest BCUT2D eigenvalue weighted by atomic mass is 9.47. The topological polar surface area (TPSA) is 17.1 Å². The van der Waals surface area contributed by atoms with Crippen molar-refractivity contribution >= 4 is 27.3 Å². The van der Waals surface area contributed by atoms with Crippen LogP contribution in [0.15, 0.2) is 231 Å². The molecule has 0 amide bonds. The van der Waals surface area contributed by atoms with E-state index in [1.165, 1.54) is 87.0 Å². The molecule has 4 bridgehead atoms. The predicted molar refractivity (Wildman–Crippen MR) is 428 cm³/mol. The molecule has 5 fully saturated rings. The lowest BCUT2D eigenvalue weighted by molar-refractivity contribution is -0.0811. The second-order valence-corrected chi connectivity index (χ2v) is 36.5. The van der Waals surface area contributed by atoms with Crippen LogP contribution in [0, 0.1) is 51.8 Å². The van der Waals surface area contributed by atoms with E-state index in [4.69, 9.17) is 0 Å². The molecule has 0 aliphatic heterocycles. The summed E-state index contributed by atoms with van der Waals surface area (Å²) >= 11 is 0. The fourth-order valence-electron chi connectivity index (χ4n) is 14.9. The van der Waals surface area contributed by atoms with Crippen molar-refractivity contribution in [2.75, 3.05) is 0 Å². The molecular weight excluding hydrogens is 1170 g/mol. The fourth-order valence-corrected chi connectivity index (χ4v) is 14.9. The van der Waals surface area contributed by atoms with E-state index in [2.05, 4.69) is 316 Å². The molecule has 14 rings (SSSR count). The minimum Gasteiger partial charge on any atom is -0.289 e. The molecule has 0 saturated heterocycles. The zero-order valence-electron chi connectivity index (χ0n) is 64.9. The molecule has 97 heavy (non-hydrogen) atoms. The number of hydrogen-bond donors (Lipinski definition) is 0. The van der Waals surface area contributed by atoms with E-state index in [0.717, 1.165) is 46.6 Å². The second kappa shape index (κ2) is 35.3. The summed E-state index contributed by atoms with van der Waals surface area (Å²) in [5, 5.41) is 5.36. The molecule has 5 aliphatic carbocycles. The van der Waals surface area contributed by atoms with Gasteiger partial charge in [0, 0.05) is 11.1 Å². The summed E-state index contributed by atoms with van der Waals surface area (Å²) in [6.45, 7) is 50.2. The van der Waals surface area contributed by atoms with Crippen LogP contribution in [0.2, 0.25) is 0 Å². The van der Waals surface area contributed by atoms with E-state index in [1.54, 1.807) is 32.1 Å². The Labute approximate surface area is 593 Å². The minimum atomic E-state index is 0.0752. The van der Waals surface area contributed by atoms with Crippen molar-refractivity contribution in [1.82, 2.24) is 0 Å². The molecule has 9 aromatic rings. The number of ketones is 1. The average Bonchev–Trinajstić information content (AvgIpc) is 0.749. The monoisotopic (exact) mass is 1300 g/mol. The van der Waals surface area contributed by atoms with Crippen molar-refractivity contribution in [3.8, 4) is 11.1 Å². The van der Waals surface area contributed by atoms with Gasteiger partial charge in [-0.05, 0) is 173 Å². The quantitative estimate of drug-likeness (QED) is 0.161. The molecule has 0 aromatic heterocycles. The Hall–Kier alpha value is -6.83. The summed E-state index contributed by atoms with van der Waals surface area (Å²) in [5.74, 6) is 6.60. The standard InChI is InChI=1S/C16H18.C14H24.2C14H16.C13H10O.C10H20.C10H14.C5H12/c1-16(2,3)15-11-9-14(10-12-15)13-7-5-4-6-8-13;1-14(2,3)13-11-5-9-4-10(7-11)8-12(13)6-9;1-14(2,3)13-10-6-8-11-7-4-5-9-12(11)13;1-14(2,3)13-9-8-11-6-4-5-7-12(11)10-13;14-13(11-7-3-1-4-8-11)12-9-5-2-6-10-12;2*1-10(2,3)9-7-5-4-6-8-9;1-5(2,3)4/h4-12H,1-3H3;9-13H,4-8H2,1-3H3;2*4-10H,1-3H3;1-10H;9H,4-8H2,1-3H3;4-8H,1-3H3;1-4H3. The van der Waals surface area contributed by atoms with Crippen LogP contribution < -0.4 is 0 Å². The van der Waals surface area contributed by atoms with Gasteiger partial charge in [0.1, 0.15) is 0 Å². The Kier molecular flexibility index (Phi) is 28.8. The molecule has 0 N–H and O–H groups in total. The summed E-state index contributed by atoms with van der Waals surface area (Å²) in [4.78, 5) is 11.8. The van der Waals surface area contributed by atoms with E-state index < -0.39 is 0 Å². The van der Waals surface area contributed by atoms with Crippen molar-refractivity contribution in [2.24, 2.45) is 51.8 Å². The number of benzene rings is 9.